The number of halogens is 1. The van der Waals surface area contributed by atoms with Gasteiger partial charge in [0.1, 0.15) is 0 Å². The van der Waals surface area contributed by atoms with Gasteiger partial charge in [-0.2, -0.15) is 0 Å². The SMILES string of the molecule is Nc1ncc(CN2CCCN(C(=O)Nc3cccc(Cl)c3)CC2)s1. The molecule has 0 saturated carbocycles. The van der Waals surface area contributed by atoms with Crippen molar-refractivity contribution in [2.45, 2.75) is 13.0 Å². The van der Waals surface area contributed by atoms with Gasteiger partial charge in [-0.15, -0.1) is 11.3 Å². The zero-order valence-corrected chi connectivity index (χ0v) is 14.8. The van der Waals surface area contributed by atoms with E-state index < -0.39 is 0 Å². The Hall–Kier alpha value is -1.83. The van der Waals surface area contributed by atoms with E-state index in [1.807, 2.05) is 23.2 Å². The fourth-order valence-corrected chi connectivity index (χ4v) is 3.63. The molecule has 6 nitrogen and oxygen atoms in total. The standard InChI is InChI=1S/C16H20ClN5OS/c17-12-3-1-4-13(9-12)20-16(23)22-6-2-5-21(7-8-22)11-14-10-19-15(18)24-14/h1,3-4,9-10H,2,5-8,11H2,(H2,18,19)(H,20,23). The smallest absolute Gasteiger partial charge is 0.321 e. The Labute approximate surface area is 150 Å². The Bertz CT molecular complexity index is 707. The lowest BCUT2D eigenvalue weighted by Crippen LogP contribution is -2.37. The summed E-state index contributed by atoms with van der Waals surface area (Å²) in [4.78, 5) is 21.9. The quantitative estimate of drug-likeness (QED) is 0.876. The molecule has 1 aliphatic rings. The second kappa shape index (κ2) is 7.83. The van der Waals surface area contributed by atoms with Crippen molar-refractivity contribution in [2.24, 2.45) is 0 Å². The van der Waals surface area contributed by atoms with Gasteiger partial charge < -0.3 is 16.0 Å². The Kier molecular flexibility index (Phi) is 5.55. The number of amides is 2. The van der Waals surface area contributed by atoms with Crippen LogP contribution >= 0.6 is 22.9 Å². The van der Waals surface area contributed by atoms with Gasteiger partial charge in [0.05, 0.1) is 0 Å². The van der Waals surface area contributed by atoms with E-state index in [0.29, 0.717) is 22.4 Å². The first-order chi connectivity index (χ1) is 11.6. The van der Waals surface area contributed by atoms with Crippen molar-refractivity contribution in [3.63, 3.8) is 0 Å². The number of carbonyl (C=O) groups excluding carboxylic acids is 1. The molecule has 0 unspecified atom stereocenters. The molecule has 2 amide bonds. The summed E-state index contributed by atoms with van der Waals surface area (Å²) in [5, 5.41) is 4.12. The van der Waals surface area contributed by atoms with Gasteiger partial charge in [-0.05, 0) is 24.6 Å². The third kappa shape index (κ3) is 4.59. The average Bonchev–Trinajstić information content (AvgIpc) is 2.81. The summed E-state index contributed by atoms with van der Waals surface area (Å²) in [6.07, 6.45) is 2.77. The molecule has 2 aromatic rings. The first-order valence-corrected chi connectivity index (χ1v) is 9.03. The minimum atomic E-state index is -0.0823. The first-order valence-electron chi connectivity index (χ1n) is 7.84. The Morgan fingerprint density at radius 2 is 2.21 bits per heavy atom. The van der Waals surface area contributed by atoms with Crippen molar-refractivity contribution in [1.29, 1.82) is 0 Å². The number of nitrogen functional groups attached to an aromatic ring is 1. The van der Waals surface area contributed by atoms with Gasteiger partial charge in [0.2, 0.25) is 0 Å². The van der Waals surface area contributed by atoms with Crippen molar-refractivity contribution in [3.05, 3.63) is 40.4 Å². The molecule has 0 spiro atoms. The Balaban J connectivity index is 1.53. The monoisotopic (exact) mass is 365 g/mol. The molecule has 0 radical (unpaired) electrons. The molecule has 3 N–H and O–H groups in total. The normalized spacial score (nSPS) is 16.0. The van der Waals surface area contributed by atoms with Crippen LogP contribution in [0.3, 0.4) is 0 Å². The fraction of sp³-hybridized carbons (Fsp3) is 0.375. The van der Waals surface area contributed by atoms with Crippen LogP contribution in [0.1, 0.15) is 11.3 Å². The predicted octanol–water partition coefficient (Wildman–Crippen LogP) is 3.12. The lowest BCUT2D eigenvalue weighted by molar-refractivity contribution is 0.211. The van der Waals surface area contributed by atoms with Gasteiger partial charge >= 0.3 is 6.03 Å². The zero-order chi connectivity index (χ0) is 16.9. The highest BCUT2D eigenvalue weighted by molar-refractivity contribution is 7.15. The molecular weight excluding hydrogens is 346 g/mol. The van der Waals surface area contributed by atoms with Crippen LogP contribution in [0, 0.1) is 0 Å². The van der Waals surface area contributed by atoms with E-state index in [4.69, 9.17) is 17.3 Å². The van der Waals surface area contributed by atoms with E-state index in [2.05, 4.69) is 15.2 Å². The Morgan fingerprint density at radius 3 is 2.96 bits per heavy atom. The van der Waals surface area contributed by atoms with E-state index in [-0.39, 0.29) is 6.03 Å². The number of benzene rings is 1. The van der Waals surface area contributed by atoms with E-state index in [1.165, 1.54) is 11.3 Å². The highest BCUT2D eigenvalue weighted by atomic mass is 35.5. The molecule has 2 heterocycles. The number of nitrogens with zero attached hydrogens (tertiary/aromatic N) is 3. The fourth-order valence-electron chi connectivity index (χ4n) is 2.72. The molecule has 1 aromatic heterocycles. The van der Waals surface area contributed by atoms with Crippen LogP contribution < -0.4 is 11.1 Å². The lowest BCUT2D eigenvalue weighted by atomic mass is 10.3. The van der Waals surface area contributed by atoms with Gasteiger partial charge in [0.15, 0.2) is 5.13 Å². The number of rotatable bonds is 3. The minimum absolute atomic E-state index is 0.0823. The van der Waals surface area contributed by atoms with E-state index >= 15 is 0 Å². The zero-order valence-electron chi connectivity index (χ0n) is 13.2. The third-order valence-electron chi connectivity index (χ3n) is 3.90. The topological polar surface area (TPSA) is 74.5 Å². The second-order valence-corrected chi connectivity index (χ2v) is 7.31. The lowest BCUT2D eigenvalue weighted by Gasteiger charge is -2.22. The number of nitrogens with two attached hydrogens (primary N) is 1. The van der Waals surface area contributed by atoms with Gasteiger partial charge in [0.25, 0.3) is 0 Å². The van der Waals surface area contributed by atoms with Gasteiger partial charge in [-0.3, -0.25) is 4.90 Å². The van der Waals surface area contributed by atoms with Crippen LogP contribution in [0.2, 0.25) is 5.02 Å². The van der Waals surface area contributed by atoms with Gasteiger partial charge in [0, 0.05) is 54.5 Å². The van der Waals surface area contributed by atoms with E-state index in [1.54, 1.807) is 12.1 Å². The number of nitrogens with one attached hydrogen (secondary N) is 1. The van der Waals surface area contributed by atoms with Crippen LogP contribution in [0.4, 0.5) is 15.6 Å². The number of anilines is 2. The van der Waals surface area contributed by atoms with Crippen molar-refractivity contribution >= 4 is 39.8 Å². The third-order valence-corrected chi connectivity index (χ3v) is 4.95. The average molecular weight is 366 g/mol. The van der Waals surface area contributed by atoms with Crippen molar-refractivity contribution in [1.82, 2.24) is 14.8 Å². The molecule has 0 aliphatic carbocycles. The molecular formula is C16H20ClN5OS. The molecule has 8 heteroatoms. The summed E-state index contributed by atoms with van der Waals surface area (Å²) < 4.78 is 0. The summed E-state index contributed by atoms with van der Waals surface area (Å²) >= 11 is 7.47. The Morgan fingerprint density at radius 1 is 1.33 bits per heavy atom. The summed E-state index contributed by atoms with van der Waals surface area (Å²) in [5.74, 6) is 0. The number of aromatic nitrogens is 1. The molecule has 3 rings (SSSR count). The van der Waals surface area contributed by atoms with Gasteiger partial charge in [-0.1, -0.05) is 17.7 Å². The summed E-state index contributed by atoms with van der Waals surface area (Å²) in [5.41, 5.74) is 6.40. The van der Waals surface area contributed by atoms with Crippen LogP contribution in [0.15, 0.2) is 30.5 Å². The maximum Gasteiger partial charge on any atom is 0.321 e. The molecule has 1 fully saturated rings. The molecule has 0 atom stereocenters. The highest BCUT2D eigenvalue weighted by Gasteiger charge is 2.19. The number of urea groups is 1. The van der Waals surface area contributed by atoms with E-state index in [9.17, 15) is 4.79 Å². The first kappa shape index (κ1) is 17.0. The van der Waals surface area contributed by atoms with Crippen molar-refractivity contribution < 1.29 is 4.79 Å². The predicted molar refractivity (Wildman–Crippen MR) is 98.5 cm³/mol. The maximum atomic E-state index is 12.4. The molecule has 1 saturated heterocycles. The van der Waals surface area contributed by atoms with Crippen molar-refractivity contribution in [3.8, 4) is 0 Å². The summed E-state index contributed by atoms with van der Waals surface area (Å²) in [6.45, 7) is 4.06. The second-order valence-electron chi connectivity index (χ2n) is 5.72. The van der Waals surface area contributed by atoms with Crippen LogP contribution in [0.25, 0.3) is 0 Å². The summed E-state index contributed by atoms with van der Waals surface area (Å²) in [6, 6.07) is 7.11. The van der Waals surface area contributed by atoms with Gasteiger partial charge in [-0.25, -0.2) is 9.78 Å². The number of carbonyl (C=O) groups is 1. The molecule has 1 aliphatic heterocycles. The number of hydrogen-bond acceptors (Lipinski definition) is 5. The maximum absolute atomic E-state index is 12.4. The van der Waals surface area contributed by atoms with Crippen LogP contribution in [0.5, 0.6) is 0 Å². The molecule has 0 bridgehead atoms. The minimum Gasteiger partial charge on any atom is -0.375 e. The molecule has 128 valence electrons. The number of hydrogen-bond donors (Lipinski definition) is 2. The molecule has 1 aromatic carbocycles. The molecule has 24 heavy (non-hydrogen) atoms. The van der Waals surface area contributed by atoms with E-state index in [0.717, 1.165) is 37.5 Å². The highest BCUT2D eigenvalue weighted by Crippen LogP contribution is 2.18. The largest absolute Gasteiger partial charge is 0.375 e. The number of thiazole rings is 1. The van der Waals surface area contributed by atoms with Crippen LogP contribution in [-0.4, -0.2) is 47.0 Å². The van der Waals surface area contributed by atoms with Crippen LogP contribution in [-0.2, 0) is 6.54 Å². The summed E-state index contributed by atoms with van der Waals surface area (Å²) in [7, 11) is 0. The van der Waals surface area contributed by atoms with Crippen molar-refractivity contribution in [2.75, 3.05) is 37.2 Å².